The highest BCUT2D eigenvalue weighted by Gasteiger charge is 1.88. The van der Waals surface area contributed by atoms with Crippen LogP contribution in [0, 0.1) is 0 Å². The summed E-state index contributed by atoms with van der Waals surface area (Å²) in [6.45, 7) is 5.19. The van der Waals surface area contributed by atoms with Crippen LogP contribution in [-0.2, 0) is 0 Å². The van der Waals surface area contributed by atoms with Gasteiger partial charge in [-0.05, 0) is 6.08 Å². The first-order valence-corrected chi connectivity index (χ1v) is 4.96. The molecular formula is C9H14N2S. The fraction of sp³-hybridized carbons (Fsp3) is 0.444. The third-order valence-electron chi connectivity index (χ3n) is 1.36. The zero-order valence-electron chi connectivity index (χ0n) is 7.45. The van der Waals surface area contributed by atoms with Crippen molar-refractivity contribution in [2.75, 3.05) is 6.54 Å². The first-order valence-electron chi connectivity index (χ1n) is 4.08. The van der Waals surface area contributed by atoms with Gasteiger partial charge in [0, 0.05) is 24.2 Å². The van der Waals surface area contributed by atoms with Crippen molar-refractivity contribution in [2.45, 2.75) is 19.9 Å². The monoisotopic (exact) mass is 182 g/mol. The molecule has 2 nitrogen and oxygen atoms in total. The van der Waals surface area contributed by atoms with E-state index >= 15 is 0 Å². The Balaban J connectivity index is 2.23. The summed E-state index contributed by atoms with van der Waals surface area (Å²) in [6.07, 6.45) is 5.96. The molecule has 0 aliphatic heterocycles. The van der Waals surface area contributed by atoms with Crippen molar-refractivity contribution in [1.29, 1.82) is 0 Å². The molecule has 0 unspecified atom stereocenters. The SMILES string of the molecule is CC(C)NC/C=C/c1nccs1. The van der Waals surface area contributed by atoms with Crippen molar-refractivity contribution in [1.82, 2.24) is 10.3 Å². The van der Waals surface area contributed by atoms with Crippen LogP contribution in [0.25, 0.3) is 6.08 Å². The maximum Gasteiger partial charge on any atom is 0.115 e. The van der Waals surface area contributed by atoms with Gasteiger partial charge in [0.2, 0.25) is 0 Å². The van der Waals surface area contributed by atoms with E-state index in [0.29, 0.717) is 6.04 Å². The predicted octanol–water partition coefficient (Wildman–Crippen LogP) is 2.15. The molecule has 1 N–H and O–H groups in total. The van der Waals surface area contributed by atoms with Crippen LogP contribution in [-0.4, -0.2) is 17.6 Å². The van der Waals surface area contributed by atoms with E-state index in [1.165, 1.54) is 0 Å². The van der Waals surface area contributed by atoms with Crippen LogP contribution >= 0.6 is 11.3 Å². The van der Waals surface area contributed by atoms with Crippen molar-refractivity contribution in [3.63, 3.8) is 0 Å². The van der Waals surface area contributed by atoms with Crippen LogP contribution < -0.4 is 5.32 Å². The van der Waals surface area contributed by atoms with E-state index in [-0.39, 0.29) is 0 Å². The van der Waals surface area contributed by atoms with Crippen LogP contribution in [0.4, 0.5) is 0 Å². The summed E-state index contributed by atoms with van der Waals surface area (Å²) < 4.78 is 0. The van der Waals surface area contributed by atoms with Gasteiger partial charge in [0.25, 0.3) is 0 Å². The van der Waals surface area contributed by atoms with E-state index in [9.17, 15) is 0 Å². The molecule has 0 amide bonds. The molecule has 0 radical (unpaired) electrons. The molecule has 0 spiro atoms. The summed E-state index contributed by atoms with van der Waals surface area (Å²) in [5, 5.41) is 6.35. The van der Waals surface area contributed by atoms with Crippen LogP contribution in [0.2, 0.25) is 0 Å². The lowest BCUT2D eigenvalue weighted by atomic mass is 10.4. The number of hydrogen-bond acceptors (Lipinski definition) is 3. The van der Waals surface area contributed by atoms with E-state index < -0.39 is 0 Å². The lowest BCUT2D eigenvalue weighted by molar-refractivity contribution is 0.633. The summed E-state index contributed by atoms with van der Waals surface area (Å²) >= 11 is 1.66. The molecule has 0 saturated carbocycles. The van der Waals surface area contributed by atoms with Crippen molar-refractivity contribution in [3.05, 3.63) is 22.7 Å². The van der Waals surface area contributed by atoms with Gasteiger partial charge in [-0.15, -0.1) is 11.3 Å². The Hall–Kier alpha value is -0.670. The van der Waals surface area contributed by atoms with Crippen LogP contribution in [0.3, 0.4) is 0 Å². The zero-order valence-corrected chi connectivity index (χ0v) is 8.27. The normalized spacial score (nSPS) is 11.6. The molecule has 0 bridgehead atoms. The molecular weight excluding hydrogens is 168 g/mol. The number of rotatable bonds is 4. The fourth-order valence-corrected chi connectivity index (χ4v) is 1.34. The third kappa shape index (κ3) is 3.64. The predicted molar refractivity (Wildman–Crippen MR) is 54.3 cm³/mol. The Morgan fingerprint density at radius 1 is 1.67 bits per heavy atom. The maximum atomic E-state index is 4.14. The van der Waals surface area contributed by atoms with E-state index in [0.717, 1.165) is 11.6 Å². The van der Waals surface area contributed by atoms with Gasteiger partial charge in [0.1, 0.15) is 5.01 Å². The lowest BCUT2D eigenvalue weighted by Crippen LogP contribution is -2.22. The molecule has 66 valence electrons. The molecule has 0 aromatic carbocycles. The molecule has 0 aliphatic rings. The molecule has 1 heterocycles. The molecule has 12 heavy (non-hydrogen) atoms. The average molecular weight is 182 g/mol. The van der Waals surface area contributed by atoms with Gasteiger partial charge in [0.05, 0.1) is 0 Å². The molecule has 0 atom stereocenters. The highest BCUT2D eigenvalue weighted by atomic mass is 32.1. The standard InChI is InChI=1S/C9H14N2S/c1-8(2)10-5-3-4-9-11-6-7-12-9/h3-4,6-8,10H,5H2,1-2H3/b4-3+. The summed E-state index contributed by atoms with van der Waals surface area (Å²) in [4.78, 5) is 4.14. The molecule has 1 rings (SSSR count). The molecule has 3 heteroatoms. The minimum atomic E-state index is 0.547. The number of nitrogens with one attached hydrogen (secondary N) is 1. The Kier molecular flexibility index (Phi) is 3.97. The minimum absolute atomic E-state index is 0.547. The summed E-state index contributed by atoms with van der Waals surface area (Å²) in [5.41, 5.74) is 0. The highest BCUT2D eigenvalue weighted by molar-refractivity contribution is 7.10. The van der Waals surface area contributed by atoms with Gasteiger partial charge in [-0.1, -0.05) is 19.9 Å². The van der Waals surface area contributed by atoms with E-state index in [4.69, 9.17) is 0 Å². The van der Waals surface area contributed by atoms with Crippen LogP contribution in [0.5, 0.6) is 0 Å². The summed E-state index contributed by atoms with van der Waals surface area (Å²) in [7, 11) is 0. The van der Waals surface area contributed by atoms with Crippen molar-refractivity contribution < 1.29 is 0 Å². The van der Waals surface area contributed by atoms with Gasteiger partial charge in [0.15, 0.2) is 0 Å². The van der Waals surface area contributed by atoms with E-state index in [1.54, 1.807) is 11.3 Å². The second-order valence-corrected chi connectivity index (χ2v) is 3.76. The van der Waals surface area contributed by atoms with Gasteiger partial charge in [-0.3, -0.25) is 0 Å². The number of aromatic nitrogens is 1. The van der Waals surface area contributed by atoms with E-state index in [2.05, 4.69) is 30.2 Å². The average Bonchev–Trinajstić information content (AvgIpc) is 2.49. The largest absolute Gasteiger partial charge is 0.311 e. The molecule has 0 saturated heterocycles. The first kappa shape index (κ1) is 9.42. The third-order valence-corrected chi connectivity index (χ3v) is 2.10. The van der Waals surface area contributed by atoms with Crippen LogP contribution in [0.1, 0.15) is 18.9 Å². The first-order chi connectivity index (χ1) is 5.79. The zero-order chi connectivity index (χ0) is 8.81. The second kappa shape index (κ2) is 5.06. The Morgan fingerprint density at radius 2 is 2.50 bits per heavy atom. The molecule has 1 aromatic heterocycles. The molecule has 1 aromatic rings. The van der Waals surface area contributed by atoms with Gasteiger partial charge in [-0.2, -0.15) is 0 Å². The Labute approximate surface area is 77.3 Å². The number of thiazole rings is 1. The summed E-state index contributed by atoms with van der Waals surface area (Å²) in [5.74, 6) is 0. The second-order valence-electron chi connectivity index (χ2n) is 2.84. The Bertz CT molecular complexity index is 227. The molecule has 0 aliphatic carbocycles. The van der Waals surface area contributed by atoms with Gasteiger partial charge >= 0.3 is 0 Å². The number of hydrogen-bond donors (Lipinski definition) is 1. The van der Waals surface area contributed by atoms with Crippen molar-refractivity contribution >= 4 is 17.4 Å². The topological polar surface area (TPSA) is 24.9 Å². The fourth-order valence-electron chi connectivity index (χ4n) is 0.780. The Morgan fingerprint density at radius 3 is 3.08 bits per heavy atom. The summed E-state index contributed by atoms with van der Waals surface area (Å²) in [6, 6.07) is 0.547. The smallest absolute Gasteiger partial charge is 0.115 e. The van der Waals surface area contributed by atoms with Crippen molar-refractivity contribution in [2.24, 2.45) is 0 Å². The number of nitrogens with zero attached hydrogens (tertiary/aromatic N) is 1. The van der Waals surface area contributed by atoms with E-state index in [1.807, 2.05) is 17.7 Å². The minimum Gasteiger partial charge on any atom is -0.311 e. The van der Waals surface area contributed by atoms with Gasteiger partial charge in [-0.25, -0.2) is 4.98 Å². The van der Waals surface area contributed by atoms with Crippen molar-refractivity contribution in [3.8, 4) is 0 Å². The molecule has 0 fully saturated rings. The van der Waals surface area contributed by atoms with Gasteiger partial charge < -0.3 is 5.32 Å². The quantitative estimate of drug-likeness (QED) is 0.771. The lowest BCUT2D eigenvalue weighted by Gasteiger charge is -2.02. The highest BCUT2D eigenvalue weighted by Crippen LogP contribution is 2.04. The van der Waals surface area contributed by atoms with Crippen LogP contribution in [0.15, 0.2) is 17.7 Å². The maximum absolute atomic E-state index is 4.14.